The molecule has 24 heavy (non-hydrogen) atoms. The van der Waals surface area contributed by atoms with Crippen LogP contribution in [0.4, 0.5) is 5.95 Å². The molecule has 0 N–H and O–H groups in total. The molecule has 5 heteroatoms. The summed E-state index contributed by atoms with van der Waals surface area (Å²) in [5.41, 5.74) is 4.04. The first kappa shape index (κ1) is 13.1. The van der Waals surface area contributed by atoms with Gasteiger partial charge in [-0.3, -0.25) is 0 Å². The van der Waals surface area contributed by atoms with E-state index in [9.17, 15) is 0 Å². The van der Waals surface area contributed by atoms with Gasteiger partial charge in [0, 0.05) is 11.1 Å². The zero-order chi connectivity index (χ0) is 15.9. The van der Waals surface area contributed by atoms with Gasteiger partial charge in [-0.25, -0.2) is 4.52 Å². The molecule has 0 bridgehead atoms. The highest BCUT2D eigenvalue weighted by atomic mass is 16.7. The summed E-state index contributed by atoms with van der Waals surface area (Å²) in [7, 11) is 0. The maximum Gasteiger partial charge on any atom is 0.279 e. The van der Waals surface area contributed by atoms with Crippen LogP contribution in [0.1, 0.15) is 5.56 Å². The van der Waals surface area contributed by atoms with Crippen LogP contribution in [0, 0.1) is 0 Å². The van der Waals surface area contributed by atoms with Crippen LogP contribution in [-0.2, 0) is 6.54 Å². The molecule has 0 saturated carbocycles. The van der Waals surface area contributed by atoms with Crippen molar-refractivity contribution in [1.29, 1.82) is 0 Å². The molecule has 0 amide bonds. The molecule has 116 valence electrons. The van der Waals surface area contributed by atoms with Crippen molar-refractivity contribution in [3.8, 4) is 17.0 Å². The number of rotatable bonds is 2. The number of benzene rings is 2. The lowest BCUT2D eigenvalue weighted by atomic mass is 10.1. The Morgan fingerprint density at radius 3 is 2.54 bits per heavy atom. The Balaban J connectivity index is 1.58. The molecule has 5 nitrogen and oxygen atoms in total. The van der Waals surface area contributed by atoms with Crippen LogP contribution in [0.25, 0.3) is 16.9 Å². The van der Waals surface area contributed by atoms with Gasteiger partial charge in [0.15, 0.2) is 11.4 Å². The quantitative estimate of drug-likeness (QED) is 0.566. The van der Waals surface area contributed by atoms with Gasteiger partial charge in [0.05, 0.1) is 12.2 Å². The van der Waals surface area contributed by atoms with E-state index >= 15 is 0 Å². The standard InChI is InChI=1S/C19H14N4O/c1-2-7-14(8-3-1)16-10-6-12-18-20-19(21-23(16)18)22-13-15-9-4-5-11-17(15)24-22/h1-12H,13H2. The van der Waals surface area contributed by atoms with E-state index in [1.165, 1.54) is 0 Å². The van der Waals surface area contributed by atoms with Gasteiger partial charge in [-0.05, 0) is 18.2 Å². The number of hydrogen-bond acceptors (Lipinski definition) is 4. The number of para-hydroxylation sites is 1. The first-order valence-electron chi connectivity index (χ1n) is 7.83. The van der Waals surface area contributed by atoms with E-state index in [-0.39, 0.29) is 0 Å². The lowest BCUT2D eigenvalue weighted by Gasteiger charge is -2.10. The Labute approximate surface area is 138 Å². The first-order chi connectivity index (χ1) is 11.9. The van der Waals surface area contributed by atoms with E-state index in [1.807, 2.05) is 59.1 Å². The summed E-state index contributed by atoms with van der Waals surface area (Å²) in [6.07, 6.45) is 0. The Bertz CT molecular complexity index is 1000. The maximum atomic E-state index is 5.86. The second-order valence-electron chi connectivity index (χ2n) is 5.69. The molecule has 0 spiro atoms. The Kier molecular flexibility index (Phi) is 2.79. The highest BCUT2D eigenvalue weighted by molar-refractivity contribution is 5.63. The average molecular weight is 314 g/mol. The summed E-state index contributed by atoms with van der Waals surface area (Å²) >= 11 is 0. The average Bonchev–Trinajstić information content (AvgIpc) is 3.26. The van der Waals surface area contributed by atoms with Gasteiger partial charge in [-0.2, -0.15) is 10.0 Å². The minimum atomic E-state index is 0.564. The Morgan fingerprint density at radius 1 is 0.833 bits per heavy atom. The fourth-order valence-electron chi connectivity index (χ4n) is 2.97. The number of fused-ring (bicyclic) bond motifs is 2. The molecule has 1 aliphatic rings. The largest absolute Gasteiger partial charge is 0.376 e. The molecular formula is C19H14N4O. The number of hydrogen-bond donors (Lipinski definition) is 0. The van der Waals surface area contributed by atoms with E-state index in [0.29, 0.717) is 12.5 Å². The van der Waals surface area contributed by atoms with E-state index in [2.05, 4.69) is 28.3 Å². The van der Waals surface area contributed by atoms with Crippen LogP contribution in [-0.4, -0.2) is 14.6 Å². The van der Waals surface area contributed by atoms with Crippen LogP contribution >= 0.6 is 0 Å². The number of anilines is 1. The van der Waals surface area contributed by atoms with Crippen LogP contribution in [0.3, 0.4) is 0 Å². The van der Waals surface area contributed by atoms with E-state index in [1.54, 1.807) is 5.06 Å². The van der Waals surface area contributed by atoms with Crippen molar-refractivity contribution in [3.63, 3.8) is 0 Å². The summed E-state index contributed by atoms with van der Waals surface area (Å²) in [5, 5.41) is 6.39. The molecule has 2 aromatic heterocycles. The smallest absolute Gasteiger partial charge is 0.279 e. The molecule has 0 atom stereocenters. The van der Waals surface area contributed by atoms with Crippen molar-refractivity contribution in [2.24, 2.45) is 0 Å². The van der Waals surface area contributed by atoms with Crippen LogP contribution < -0.4 is 9.90 Å². The van der Waals surface area contributed by atoms with Gasteiger partial charge in [0.25, 0.3) is 5.95 Å². The topological polar surface area (TPSA) is 42.7 Å². The Morgan fingerprint density at radius 2 is 1.67 bits per heavy atom. The predicted octanol–water partition coefficient (Wildman–Crippen LogP) is 3.71. The minimum Gasteiger partial charge on any atom is -0.376 e. The normalized spacial score (nSPS) is 13.1. The lowest BCUT2D eigenvalue weighted by molar-refractivity contribution is 0.301. The van der Waals surface area contributed by atoms with Gasteiger partial charge in [0.1, 0.15) is 0 Å². The minimum absolute atomic E-state index is 0.564. The monoisotopic (exact) mass is 314 g/mol. The molecule has 2 aromatic carbocycles. The van der Waals surface area contributed by atoms with Crippen molar-refractivity contribution in [2.45, 2.75) is 6.54 Å². The lowest BCUT2D eigenvalue weighted by Crippen LogP contribution is -2.21. The van der Waals surface area contributed by atoms with E-state index < -0.39 is 0 Å². The summed E-state index contributed by atoms with van der Waals surface area (Å²) in [4.78, 5) is 10.5. The van der Waals surface area contributed by atoms with Gasteiger partial charge >= 0.3 is 0 Å². The second-order valence-corrected chi connectivity index (χ2v) is 5.69. The number of aromatic nitrogens is 3. The fraction of sp³-hybridized carbons (Fsp3) is 0.0526. The molecule has 0 fully saturated rings. The molecule has 5 rings (SSSR count). The number of pyridine rings is 1. The SMILES string of the molecule is c1ccc(-c2cccc3nc(N4Cc5ccccc5O4)nn23)cc1. The van der Waals surface area contributed by atoms with E-state index in [4.69, 9.17) is 4.84 Å². The molecular weight excluding hydrogens is 300 g/mol. The van der Waals surface area contributed by atoms with Gasteiger partial charge in [-0.15, -0.1) is 5.10 Å². The van der Waals surface area contributed by atoms with Crippen molar-refractivity contribution >= 4 is 11.6 Å². The second kappa shape index (κ2) is 5.09. The third-order valence-corrected chi connectivity index (χ3v) is 4.14. The molecule has 3 heterocycles. The maximum absolute atomic E-state index is 5.86. The molecule has 0 saturated heterocycles. The summed E-state index contributed by atoms with van der Waals surface area (Å²) < 4.78 is 1.86. The van der Waals surface area contributed by atoms with Gasteiger partial charge in [0.2, 0.25) is 0 Å². The van der Waals surface area contributed by atoms with Gasteiger partial charge in [-0.1, -0.05) is 54.6 Å². The fourth-order valence-corrected chi connectivity index (χ4v) is 2.97. The predicted molar refractivity (Wildman–Crippen MR) is 91.7 cm³/mol. The van der Waals surface area contributed by atoms with Crippen molar-refractivity contribution < 1.29 is 4.84 Å². The van der Waals surface area contributed by atoms with Crippen LogP contribution in [0.5, 0.6) is 5.75 Å². The molecule has 1 aliphatic heterocycles. The molecule has 0 unspecified atom stereocenters. The number of nitrogens with zero attached hydrogens (tertiary/aromatic N) is 4. The number of hydroxylamine groups is 1. The summed E-state index contributed by atoms with van der Waals surface area (Å²) in [6, 6.07) is 24.2. The van der Waals surface area contributed by atoms with Crippen molar-refractivity contribution in [1.82, 2.24) is 14.6 Å². The highest BCUT2D eigenvalue weighted by Gasteiger charge is 2.24. The third-order valence-electron chi connectivity index (χ3n) is 4.14. The van der Waals surface area contributed by atoms with E-state index in [0.717, 1.165) is 28.2 Å². The molecule has 0 radical (unpaired) electrons. The highest BCUT2D eigenvalue weighted by Crippen LogP contribution is 2.30. The van der Waals surface area contributed by atoms with Gasteiger partial charge < -0.3 is 4.84 Å². The first-order valence-corrected chi connectivity index (χ1v) is 7.83. The van der Waals surface area contributed by atoms with Crippen molar-refractivity contribution in [3.05, 3.63) is 78.4 Å². The third kappa shape index (κ3) is 2.02. The van der Waals surface area contributed by atoms with Crippen LogP contribution in [0.15, 0.2) is 72.8 Å². The van der Waals surface area contributed by atoms with Crippen LogP contribution in [0.2, 0.25) is 0 Å². The molecule has 0 aliphatic carbocycles. The van der Waals surface area contributed by atoms with Crippen molar-refractivity contribution in [2.75, 3.05) is 5.06 Å². The zero-order valence-electron chi connectivity index (χ0n) is 12.8. The zero-order valence-corrected chi connectivity index (χ0v) is 12.8. The summed E-state index contributed by atoms with van der Waals surface area (Å²) in [5.74, 6) is 1.43. The summed E-state index contributed by atoms with van der Waals surface area (Å²) in [6.45, 7) is 0.647. The Hall–Kier alpha value is -3.34. The molecule has 4 aromatic rings.